The molecule has 0 aliphatic rings. The summed E-state index contributed by atoms with van der Waals surface area (Å²) in [4.78, 5) is 7.89. The number of nitrogens with one attached hydrogen (secondary N) is 1. The van der Waals surface area contributed by atoms with Gasteiger partial charge in [-0.2, -0.15) is 5.10 Å². The highest BCUT2D eigenvalue weighted by molar-refractivity contribution is 5.79. The van der Waals surface area contributed by atoms with Gasteiger partial charge >= 0.3 is 0 Å². The van der Waals surface area contributed by atoms with E-state index in [0.717, 1.165) is 33.8 Å². The van der Waals surface area contributed by atoms with Gasteiger partial charge in [-0.05, 0) is 30.7 Å². The van der Waals surface area contributed by atoms with E-state index in [-0.39, 0.29) is 0 Å². The van der Waals surface area contributed by atoms with Crippen LogP contribution in [0.2, 0.25) is 0 Å². The van der Waals surface area contributed by atoms with Crippen molar-refractivity contribution in [3.05, 3.63) is 35.5 Å². The maximum Gasteiger partial charge on any atom is 0.156 e. The Kier molecular flexibility index (Phi) is 2.41. The van der Waals surface area contributed by atoms with Crippen molar-refractivity contribution in [2.24, 2.45) is 12.8 Å². The maximum absolute atomic E-state index is 5.64. The van der Waals surface area contributed by atoms with Crippen molar-refractivity contribution >= 4 is 11.0 Å². The number of aryl methyl sites for hydroxylation is 2. The zero-order valence-corrected chi connectivity index (χ0v) is 10.4. The molecule has 5 heteroatoms. The second-order valence-corrected chi connectivity index (χ2v) is 4.44. The first kappa shape index (κ1) is 11.0. The third-order valence-electron chi connectivity index (χ3n) is 3.03. The zero-order chi connectivity index (χ0) is 12.7. The molecule has 0 aliphatic carbocycles. The molecular weight excluding hydrogens is 226 g/mol. The number of aromatic amines is 1. The Morgan fingerprint density at radius 2 is 2.17 bits per heavy atom. The third-order valence-corrected chi connectivity index (χ3v) is 3.03. The molecule has 0 radical (unpaired) electrons. The largest absolute Gasteiger partial charge is 0.337 e. The summed E-state index contributed by atoms with van der Waals surface area (Å²) >= 11 is 0. The Morgan fingerprint density at radius 3 is 2.83 bits per heavy atom. The first-order valence-corrected chi connectivity index (χ1v) is 5.87. The first-order chi connectivity index (χ1) is 8.67. The number of H-pyrrole nitrogens is 1. The van der Waals surface area contributed by atoms with E-state index in [1.54, 1.807) is 0 Å². The van der Waals surface area contributed by atoms with Crippen molar-refractivity contribution in [2.75, 3.05) is 0 Å². The Hall–Kier alpha value is -2.14. The third kappa shape index (κ3) is 1.69. The van der Waals surface area contributed by atoms with Crippen LogP contribution in [0.4, 0.5) is 0 Å². The topological polar surface area (TPSA) is 72.5 Å². The number of fused-ring (bicyclic) bond motifs is 1. The van der Waals surface area contributed by atoms with E-state index in [1.807, 2.05) is 42.9 Å². The number of hydrogen-bond acceptors (Lipinski definition) is 3. The summed E-state index contributed by atoms with van der Waals surface area (Å²) in [6.45, 7) is 2.51. The van der Waals surface area contributed by atoms with Gasteiger partial charge in [0, 0.05) is 13.6 Å². The molecule has 0 saturated heterocycles. The predicted octanol–water partition coefficient (Wildman–Crippen LogP) is 1.73. The van der Waals surface area contributed by atoms with Crippen molar-refractivity contribution in [3.63, 3.8) is 0 Å². The molecule has 0 amide bonds. The molecule has 0 bridgehead atoms. The van der Waals surface area contributed by atoms with Crippen molar-refractivity contribution in [1.82, 2.24) is 19.7 Å². The minimum absolute atomic E-state index is 0.537. The molecule has 3 aromatic rings. The molecule has 2 heterocycles. The zero-order valence-electron chi connectivity index (χ0n) is 10.4. The van der Waals surface area contributed by atoms with Crippen LogP contribution in [0, 0.1) is 6.92 Å². The summed E-state index contributed by atoms with van der Waals surface area (Å²) in [6.07, 6.45) is 0. The Balaban J connectivity index is 2.16. The van der Waals surface area contributed by atoms with Crippen LogP contribution >= 0.6 is 0 Å². The quantitative estimate of drug-likeness (QED) is 0.717. The van der Waals surface area contributed by atoms with Gasteiger partial charge in [0.2, 0.25) is 0 Å². The Bertz CT molecular complexity index is 707. The standard InChI is InChI=1S/C13H15N5/c1-8-5-12(18(2)17-8)13-15-10-4-3-9(7-14)6-11(10)16-13/h3-6H,7,14H2,1-2H3,(H,15,16). The number of hydrogen-bond donors (Lipinski definition) is 2. The summed E-state index contributed by atoms with van der Waals surface area (Å²) in [5.74, 6) is 0.835. The van der Waals surface area contributed by atoms with E-state index in [1.165, 1.54) is 0 Å². The summed E-state index contributed by atoms with van der Waals surface area (Å²) in [7, 11) is 1.92. The number of imidazole rings is 1. The lowest BCUT2D eigenvalue weighted by Gasteiger charge is -1.95. The van der Waals surface area contributed by atoms with Gasteiger partial charge in [-0.1, -0.05) is 6.07 Å². The van der Waals surface area contributed by atoms with Gasteiger partial charge in [0.1, 0.15) is 5.69 Å². The molecule has 1 aromatic carbocycles. The molecule has 0 spiro atoms. The lowest BCUT2D eigenvalue weighted by molar-refractivity contribution is 0.760. The summed E-state index contributed by atoms with van der Waals surface area (Å²) in [5, 5.41) is 4.33. The van der Waals surface area contributed by atoms with Crippen LogP contribution in [-0.4, -0.2) is 19.7 Å². The average molecular weight is 241 g/mol. The highest BCUT2D eigenvalue weighted by Crippen LogP contribution is 2.21. The van der Waals surface area contributed by atoms with Crippen LogP contribution in [0.15, 0.2) is 24.3 Å². The van der Waals surface area contributed by atoms with E-state index in [4.69, 9.17) is 5.73 Å². The molecule has 0 atom stereocenters. The van der Waals surface area contributed by atoms with Crippen LogP contribution in [-0.2, 0) is 13.6 Å². The molecule has 18 heavy (non-hydrogen) atoms. The lowest BCUT2D eigenvalue weighted by atomic mass is 10.2. The SMILES string of the molecule is Cc1cc(-c2nc3ccc(CN)cc3[nH]2)n(C)n1. The van der Waals surface area contributed by atoms with Crippen LogP contribution in [0.1, 0.15) is 11.3 Å². The Morgan fingerprint density at radius 1 is 1.33 bits per heavy atom. The normalized spacial score (nSPS) is 11.3. The fourth-order valence-electron chi connectivity index (χ4n) is 2.14. The molecule has 2 aromatic heterocycles. The average Bonchev–Trinajstić information content (AvgIpc) is 2.90. The number of nitrogens with zero attached hydrogens (tertiary/aromatic N) is 3. The van der Waals surface area contributed by atoms with E-state index in [0.29, 0.717) is 6.54 Å². The summed E-state index contributed by atoms with van der Waals surface area (Å²) in [6, 6.07) is 8.04. The van der Waals surface area contributed by atoms with Crippen molar-refractivity contribution in [1.29, 1.82) is 0 Å². The van der Waals surface area contributed by atoms with Crippen LogP contribution in [0.3, 0.4) is 0 Å². The minimum Gasteiger partial charge on any atom is -0.337 e. The lowest BCUT2D eigenvalue weighted by Crippen LogP contribution is -1.95. The second kappa shape index (κ2) is 3.96. The predicted molar refractivity (Wildman–Crippen MR) is 70.9 cm³/mol. The van der Waals surface area contributed by atoms with Gasteiger partial charge in [0.25, 0.3) is 0 Å². The Labute approximate surface area is 105 Å². The minimum atomic E-state index is 0.537. The van der Waals surface area contributed by atoms with E-state index < -0.39 is 0 Å². The van der Waals surface area contributed by atoms with E-state index >= 15 is 0 Å². The molecular formula is C13H15N5. The smallest absolute Gasteiger partial charge is 0.156 e. The van der Waals surface area contributed by atoms with Gasteiger partial charge in [-0.25, -0.2) is 4.98 Å². The van der Waals surface area contributed by atoms with Gasteiger partial charge in [0.15, 0.2) is 5.82 Å². The monoisotopic (exact) mass is 241 g/mol. The van der Waals surface area contributed by atoms with Crippen molar-refractivity contribution < 1.29 is 0 Å². The van der Waals surface area contributed by atoms with Gasteiger partial charge < -0.3 is 10.7 Å². The molecule has 3 rings (SSSR count). The number of nitrogens with two attached hydrogens (primary N) is 1. The molecule has 0 saturated carbocycles. The highest BCUT2D eigenvalue weighted by Gasteiger charge is 2.10. The van der Waals surface area contributed by atoms with Crippen molar-refractivity contribution in [2.45, 2.75) is 13.5 Å². The molecule has 5 nitrogen and oxygen atoms in total. The summed E-state index contributed by atoms with van der Waals surface area (Å²) in [5.41, 5.74) is 10.7. The first-order valence-electron chi connectivity index (χ1n) is 5.87. The van der Waals surface area contributed by atoms with Crippen LogP contribution in [0.25, 0.3) is 22.6 Å². The maximum atomic E-state index is 5.64. The molecule has 92 valence electrons. The van der Waals surface area contributed by atoms with Crippen molar-refractivity contribution in [3.8, 4) is 11.5 Å². The van der Waals surface area contributed by atoms with Crippen LogP contribution in [0.5, 0.6) is 0 Å². The van der Waals surface area contributed by atoms with E-state index in [9.17, 15) is 0 Å². The van der Waals surface area contributed by atoms with E-state index in [2.05, 4.69) is 15.1 Å². The number of aromatic nitrogens is 4. The highest BCUT2D eigenvalue weighted by atomic mass is 15.3. The molecule has 3 N–H and O–H groups in total. The molecule has 0 aliphatic heterocycles. The molecule has 0 unspecified atom stereocenters. The van der Waals surface area contributed by atoms with Gasteiger partial charge in [0.05, 0.1) is 16.7 Å². The summed E-state index contributed by atoms with van der Waals surface area (Å²) < 4.78 is 1.83. The number of rotatable bonds is 2. The van der Waals surface area contributed by atoms with Crippen LogP contribution < -0.4 is 5.73 Å². The number of benzene rings is 1. The van der Waals surface area contributed by atoms with Gasteiger partial charge in [-0.15, -0.1) is 0 Å². The second-order valence-electron chi connectivity index (χ2n) is 4.44. The fourth-order valence-corrected chi connectivity index (χ4v) is 2.14. The molecule has 0 fully saturated rings. The van der Waals surface area contributed by atoms with Gasteiger partial charge in [-0.3, -0.25) is 4.68 Å². The fraction of sp³-hybridized carbons (Fsp3) is 0.231.